The van der Waals surface area contributed by atoms with E-state index in [1.807, 2.05) is 0 Å². The van der Waals surface area contributed by atoms with E-state index in [-0.39, 0.29) is 0 Å². The Morgan fingerprint density at radius 3 is 2.58 bits per heavy atom. The second-order valence-electron chi connectivity index (χ2n) is 6.41. The first-order valence-corrected chi connectivity index (χ1v) is 8.21. The molecule has 1 aliphatic heterocycles. The first kappa shape index (κ1) is 14.8. The van der Waals surface area contributed by atoms with E-state index in [9.17, 15) is 4.79 Å². The van der Waals surface area contributed by atoms with Crippen molar-refractivity contribution in [2.24, 2.45) is 5.92 Å². The second kappa shape index (κ2) is 7.88. The fraction of sp³-hybridized carbons (Fsp3) is 0.938. The molecule has 3 nitrogen and oxygen atoms in total. The van der Waals surface area contributed by atoms with Gasteiger partial charge in [-0.3, -0.25) is 4.79 Å². The summed E-state index contributed by atoms with van der Waals surface area (Å²) in [6.07, 6.45) is 13.6. The van der Waals surface area contributed by atoms with E-state index in [1.165, 1.54) is 57.9 Å². The summed E-state index contributed by atoms with van der Waals surface area (Å²) in [6, 6.07) is 0.797. The lowest BCUT2D eigenvalue weighted by atomic mass is 9.97. The topological polar surface area (TPSA) is 40.5 Å². The highest BCUT2D eigenvalue weighted by molar-refractivity contribution is 5.66. The highest BCUT2D eigenvalue weighted by Gasteiger charge is 2.25. The number of hydrogen-bond acceptors (Lipinski definition) is 2. The Bertz CT molecular complexity index is 274. The minimum atomic E-state index is -0.654. The van der Waals surface area contributed by atoms with E-state index in [2.05, 4.69) is 4.90 Å². The summed E-state index contributed by atoms with van der Waals surface area (Å²) < 4.78 is 0. The summed E-state index contributed by atoms with van der Waals surface area (Å²) in [4.78, 5) is 13.1. The van der Waals surface area contributed by atoms with Gasteiger partial charge in [0.15, 0.2) is 0 Å². The minimum absolute atomic E-state index is 0.334. The average Bonchev–Trinajstić information content (AvgIpc) is 3.03. The fourth-order valence-electron chi connectivity index (χ4n) is 3.83. The van der Waals surface area contributed by atoms with Crippen LogP contribution in [0.15, 0.2) is 0 Å². The highest BCUT2D eigenvalue weighted by Crippen LogP contribution is 2.31. The van der Waals surface area contributed by atoms with Crippen LogP contribution in [0, 0.1) is 5.92 Å². The number of aliphatic carboxylic acids is 1. The quantitative estimate of drug-likeness (QED) is 0.682. The monoisotopic (exact) mass is 267 g/mol. The number of carbonyl (C=O) groups is 1. The molecule has 3 heteroatoms. The van der Waals surface area contributed by atoms with Gasteiger partial charge in [-0.2, -0.15) is 0 Å². The van der Waals surface area contributed by atoms with Crippen LogP contribution >= 0.6 is 0 Å². The zero-order valence-electron chi connectivity index (χ0n) is 12.1. The molecule has 0 bridgehead atoms. The van der Waals surface area contributed by atoms with Crippen LogP contribution in [-0.4, -0.2) is 35.1 Å². The van der Waals surface area contributed by atoms with Crippen LogP contribution < -0.4 is 0 Å². The zero-order valence-corrected chi connectivity index (χ0v) is 12.1. The van der Waals surface area contributed by atoms with Crippen molar-refractivity contribution in [3.63, 3.8) is 0 Å². The van der Waals surface area contributed by atoms with Crippen LogP contribution in [0.2, 0.25) is 0 Å². The van der Waals surface area contributed by atoms with E-state index in [4.69, 9.17) is 5.11 Å². The number of likely N-dealkylation sites (tertiary alicyclic amines) is 1. The third-order valence-corrected chi connectivity index (χ3v) is 4.97. The Labute approximate surface area is 117 Å². The molecule has 0 radical (unpaired) electrons. The maximum Gasteiger partial charge on any atom is 0.303 e. The predicted octanol–water partition coefficient (Wildman–Crippen LogP) is 3.68. The molecule has 0 spiro atoms. The van der Waals surface area contributed by atoms with E-state index in [0.29, 0.717) is 6.42 Å². The average molecular weight is 267 g/mol. The van der Waals surface area contributed by atoms with Gasteiger partial charge < -0.3 is 10.0 Å². The summed E-state index contributed by atoms with van der Waals surface area (Å²) in [5, 5.41) is 8.65. The van der Waals surface area contributed by atoms with Crippen LogP contribution in [-0.2, 0) is 4.79 Å². The van der Waals surface area contributed by atoms with E-state index >= 15 is 0 Å². The van der Waals surface area contributed by atoms with E-state index in [0.717, 1.165) is 31.3 Å². The molecule has 0 aromatic heterocycles. The maximum absolute atomic E-state index is 10.5. The van der Waals surface area contributed by atoms with Gasteiger partial charge in [-0.05, 0) is 57.5 Å². The van der Waals surface area contributed by atoms with Crippen molar-refractivity contribution >= 4 is 5.97 Å². The van der Waals surface area contributed by atoms with Crippen molar-refractivity contribution in [3.05, 3.63) is 0 Å². The van der Waals surface area contributed by atoms with Gasteiger partial charge in [0.05, 0.1) is 0 Å². The SMILES string of the molecule is O=C(O)CCCCN1CCCC1CCC1CCCC1. The summed E-state index contributed by atoms with van der Waals surface area (Å²) in [7, 11) is 0. The molecule has 19 heavy (non-hydrogen) atoms. The lowest BCUT2D eigenvalue weighted by molar-refractivity contribution is -0.137. The lowest BCUT2D eigenvalue weighted by Crippen LogP contribution is -2.30. The van der Waals surface area contributed by atoms with Crippen LogP contribution in [0.5, 0.6) is 0 Å². The summed E-state index contributed by atoms with van der Waals surface area (Å²) >= 11 is 0. The number of hydrogen-bond donors (Lipinski definition) is 1. The molecule has 1 saturated carbocycles. The molecule has 110 valence electrons. The zero-order chi connectivity index (χ0) is 13.5. The number of nitrogens with zero attached hydrogens (tertiary/aromatic N) is 1. The van der Waals surface area contributed by atoms with E-state index < -0.39 is 5.97 Å². The molecular weight excluding hydrogens is 238 g/mol. The Morgan fingerprint density at radius 2 is 1.84 bits per heavy atom. The molecule has 1 atom stereocenters. The van der Waals surface area contributed by atoms with E-state index in [1.54, 1.807) is 0 Å². The van der Waals surface area contributed by atoms with Gasteiger partial charge in [0.25, 0.3) is 0 Å². The maximum atomic E-state index is 10.5. The summed E-state index contributed by atoms with van der Waals surface area (Å²) in [5.41, 5.74) is 0. The number of unbranched alkanes of at least 4 members (excludes halogenated alkanes) is 1. The largest absolute Gasteiger partial charge is 0.481 e. The number of rotatable bonds is 8. The standard InChI is InChI=1S/C16H29NO2/c18-16(19)9-3-4-12-17-13-5-8-15(17)11-10-14-6-1-2-7-14/h14-15H,1-13H2,(H,18,19). The van der Waals surface area contributed by atoms with Crippen molar-refractivity contribution < 1.29 is 9.90 Å². The number of carboxylic acids is 1. The van der Waals surface area contributed by atoms with Gasteiger partial charge in [-0.1, -0.05) is 25.7 Å². The Kier molecular flexibility index (Phi) is 6.15. The van der Waals surface area contributed by atoms with Crippen LogP contribution in [0.4, 0.5) is 0 Å². The van der Waals surface area contributed by atoms with Crippen LogP contribution in [0.25, 0.3) is 0 Å². The second-order valence-corrected chi connectivity index (χ2v) is 6.41. The molecule has 2 fully saturated rings. The van der Waals surface area contributed by atoms with Crippen molar-refractivity contribution in [1.29, 1.82) is 0 Å². The predicted molar refractivity (Wildman–Crippen MR) is 77.3 cm³/mol. The van der Waals surface area contributed by atoms with Crippen molar-refractivity contribution in [2.45, 2.75) is 76.7 Å². The molecule has 1 unspecified atom stereocenters. The molecule has 2 rings (SSSR count). The van der Waals surface area contributed by atoms with Crippen molar-refractivity contribution in [1.82, 2.24) is 4.90 Å². The Morgan fingerprint density at radius 1 is 1.05 bits per heavy atom. The molecule has 0 amide bonds. The van der Waals surface area contributed by atoms with Gasteiger partial charge in [-0.25, -0.2) is 0 Å². The van der Waals surface area contributed by atoms with Crippen LogP contribution in [0.3, 0.4) is 0 Å². The molecule has 1 aliphatic carbocycles. The van der Waals surface area contributed by atoms with Gasteiger partial charge in [-0.15, -0.1) is 0 Å². The normalized spacial score (nSPS) is 25.2. The molecule has 1 saturated heterocycles. The number of carboxylic acid groups (broad SMARTS) is 1. The van der Waals surface area contributed by atoms with Crippen molar-refractivity contribution in [3.8, 4) is 0 Å². The molecular formula is C16H29NO2. The third-order valence-electron chi connectivity index (χ3n) is 4.97. The first-order chi connectivity index (χ1) is 9.25. The highest BCUT2D eigenvalue weighted by atomic mass is 16.4. The third kappa shape index (κ3) is 5.13. The van der Waals surface area contributed by atoms with Gasteiger partial charge in [0, 0.05) is 12.5 Å². The smallest absolute Gasteiger partial charge is 0.303 e. The molecule has 2 aliphatic rings. The van der Waals surface area contributed by atoms with Crippen LogP contribution in [0.1, 0.15) is 70.6 Å². The molecule has 0 aromatic carbocycles. The Hall–Kier alpha value is -0.570. The van der Waals surface area contributed by atoms with Gasteiger partial charge in [0.2, 0.25) is 0 Å². The molecule has 0 aromatic rings. The fourth-order valence-corrected chi connectivity index (χ4v) is 3.83. The Balaban J connectivity index is 1.60. The minimum Gasteiger partial charge on any atom is -0.481 e. The summed E-state index contributed by atoms with van der Waals surface area (Å²) in [5.74, 6) is 0.355. The van der Waals surface area contributed by atoms with Gasteiger partial charge in [0.1, 0.15) is 0 Å². The lowest BCUT2D eigenvalue weighted by Gasteiger charge is -2.25. The first-order valence-electron chi connectivity index (χ1n) is 8.21. The molecule has 1 N–H and O–H groups in total. The summed E-state index contributed by atoms with van der Waals surface area (Å²) in [6.45, 7) is 2.35. The van der Waals surface area contributed by atoms with Crippen molar-refractivity contribution in [2.75, 3.05) is 13.1 Å². The van der Waals surface area contributed by atoms with Gasteiger partial charge >= 0.3 is 5.97 Å². The molecule has 1 heterocycles.